The van der Waals surface area contributed by atoms with Crippen molar-refractivity contribution in [2.24, 2.45) is 11.3 Å². The normalized spacial score (nSPS) is 13.4. The molecule has 0 saturated carbocycles. The molecule has 0 rings (SSSR count). The fourth-order valence-corrected chi connectivity index (χ4v) is 1.13. The van der Waals surface area contributed by atoms with Gasteiger partial charge < -0.3 is 15.7 Å². The topological polar surface area (TPSA) is 78.4 Å². The van der Waals surface area contributed by atoms with Gasteiger partial charge in [-0.25, -0.2) is 9.59 Å². The maximum atomic E-state index is 11.4. The van der Waals surface area contributed by atoms with E-state index in [1.165, 1.54) is 0 Å². The third-order valence-electron chi connectivity index (χ3n) is 2.06. The number of urea groups is 1. The standard InChI is InChI=1S/C11H22N2O3/c1-7(2)6-12-10(16)13-8(9(14)15)11(3,4)5/h7-8H,6H2,1-5H3,(H,14,15)(H2,12,13,16). The van der Waals surface area contributed by atoms with E-state index in [-0.39, 0.29) is 0 Å². The van der Waals surface area contributed by atoms with E-state index < -0.39 is 23.5 Å². The molecule has 94 valence electrons. The number of carbonyl (C=O) groups excluding carboxylic acids is 1. The molecule has 5 heteroatoms. The van der Waals surface area contributed by atoms with Crippen molar-refractivity contribution in [2.75, 3.05) is 6.54 Å². The van der Waals surface area contributed by atoms with Crippen LogP contribution in [0.5, 0.6) is 0 Å². The number of aliphatic carboxylic acids is 1. The van der Waals surface area contributed by atoms with E-state index in [2.05, 4.69) is 10.6 Å². The van der Waals surface area contributed by atoms with Crippen LogP contribution in [0, 0.1) is 11.3 Å². The molecule has 0 aliphatic carbocycles. The largest absolute Gasteiger partial charge is 0.480 e. The SMILES string of the molecule is CC(C)CNC(=O)NC(C(=O)O)C(C)(C)C. The Morgan fingerprint density at radius 3 is 2.06 bits per heavy atom. The van der Waals surface area contributed by atoms with Gasteiger partial charge >= 0.3 is 12.0 Å². The first-order valence-electron chi connectivity index (χ1n) is 5.41. The van der Waals surface area contributed by atoms with E-state index in [4.69, 9.17) is 5.11 Å². The van der Waals surface area contributed by atoms with Gasteiger partial charge in [-0.05, 0) is 11.3 Å². The number of hydrogen-bond acceptors (Lipinski definition) is 2. The molecule has 0 aromatic carbocycles. The van der Waals surface area contributed by atoms with Crippen LogP contribution in [-0.4, -0.2) is 29.7 Å². The Kier molecular flexibility index (Phi) is 5.27. The van der Waals surface area contributed by atoms with Crippen LogP contribution >= 0.6 is 0 Å². The summed E-state index contributed by atoms with van der Waals surface area (Å²) in [4.78, 5) is 22.4. The number of carboxylic acid groups (broad SMARTS) is 1. The van der Waals surface area contributed by atoms with Crippen LogP contribution < -0.4 is 10.6 Å². The predicted molar refractivity (Wildman–Crippen MR) is 62.3 cm³/mol. The van der Waals surface area contributed by atoms with Crippen LogP contribution in [0.25, 0.3) is 0 Å². The van der Waals surface area contributed by atoms with Crippen molar-refractivity contribution in [1.29, 1.82) is 0 Å². The molecule has 1 atom stereocenters. The van der Waals surface area contributed by atoms with Gasteiger partial charge in [0.15, 0.2) is 0 Å². The molecule has 0 saturated heterocycles. The number of hydrogen-bond donors (Lipinski definition) is 3. The molecule has 3 N–H and O–H groups in total. The van der Waals surface area contributed by atoms with Crippen molar-refractivity contribution in [2.45, 2.75) is 40.7 Å². The lowest BCUT2D eigenvalue weighted by atomic mass is 9.87. The summed E-state index contributed by atoms with van der Waals surface area (Å²) < 4.78 is 0. The fraction of sp³-hybridized carbons (Fsp3) is 0.818. The zero-order valence-corrected chi connectivity index (χ0v) is 10.6. The maximum Gasteiger partial charge on any atom is 0.326 e. The molecule has 0 bridgehead atoms. The van der Waals surface area contributed by atoms with Crippen LogP contribution in [0.4, 0.5) is 4.79 Å². The lowest BCUT2D eigenvalue weighted by molar-refractivity contribution is -0.141. The molecule has 0 spiro atoms. The monoisotopic (exact) mass is 230 g/mol. The molecule has 0 aliphatic rings. The molecule has 0 radical (unpaired) electrons. The second-order valence-electron chi connectivity index (χ2n) is 5.39. The molecule has 0 fully saturated rings. The fourth-order valence-electron chi connectivity index (χ4n) is 1.13. The van der Waals surface area contributed by atoms with Gasteiger partial charge in [0.25, 0.3) is 0 Å². The smallest absolute Gasteiger partial charge is 0.326 e. The van der Waals surface area contributed by atoms with E-state index >= 15 is 0 Å². The van der Waals surface area contributed by atoms with Gasteiger partial charge in [-0.1, -0.05) is 34.6 Å². The first-order valence-corrected chi connectivity index (χ1v) is 5.41. The summed E-state index contributed by atoms with van der Waals surface area (Å²) in [6.45, 7) is 9.79. The lowest BCUT2D eigenvalue weighted by Gasteiger charge is -2.27. The van der Waals surface area contributed by atoms with Crippen molar-refractivity contribution in [3.63, 3.8) is 0 Å². The van der Waals surface area contributed by atoms with Gasteiger partial charge in [0.1, 0.15) is 6.04 Å². The average Bonchev–Trinajstić information content (AvgIpc) is 2.08. The number of nitrogens with one attached hydrogen (secondary N) is 2. The van der Waals surface area contributed by atoms with Crippen LogP contribution in [0.15, 0.2) is 0 Å². The molecular formula is C11H22N2O3. The molecular weight excluding hydrogens is 208 g/mol. The maximum absolute atomic E-state index is 11.4. The minimum absolute atomic E-state index is 0.337. The van der Waals surface area contributed by atoms with Crippen LogP contribution in [0.1, 0.15) is 34.6 Å². The summed E-state index contributed by atoms with van der Waals surface area (Å²) >= 11 is 0. The van der Waals surface area contributed by atoms with Crippen molar-refractivity contribution in [1.82, 2.24) is 10.6 Å². The number of carbonyl (C=O) groups is 2. The zero-order chi connectivity index (χ0) is 12.9. The van der Waals surface area contributed by atoms with Crippen molar-refractivity contribution in [3.05, 3.63) is 0 Å². The van der Waals surface area contributed by atoms with Crippen molar-refractivity contribution >= 4 is 12.0 Å². The summed E-state index contributed by atoms with van der Waals surface area (Å²) in [6, 6.07) is -1.32. The van der Waals surface area contributed by atoms with Gasteiger partial charge in [0.2, 0.25) is 0 Å². The quantitative estimate of drug-likeness (QED) is 0.683. The van der Waals surface area contributed by atoms with Gasteiger partial charge in [-0.15, -0.1) is 0 Å². The van der Waals surface area contributed by atoms with E-state index in [1.807, 2.05) is 13.8 Å². The second kappa shape index (κ2) is 5.72. The Bertz CT molecular complexity index is 256. The molecule has 0 heterocycles. The minimum atomic E-state index is -1.02. The molecule has 0 aliphatic heterocycles. The predicted octanol–water partition coefficient (Wildman–Crippen LogP) is 1.44. The van der Waals surface area contributed by atoms with Gasteiger partial charge in [-0.2, -0.15) is 0 Å². The van der Waals surface area contributed by atoms with E-state index in [0.717, 1.165) is 0 Å². The Hall–Kier alpha value is -1.26. The highest BCUT2D eigenvalue weighted by molar-refractivity contribution is 5.83. The Balaban J connectivity index is 4.32. The number of rotatable bonds is 4. The van der Waals surface area contributed by atoms with E-state index in [9.17, 15) is 9.59 Å². The summed E-state index contributed by atoms with van der Waals surface area (Å²) in [5.41, 5.74) is -0.513. The van der Waals surface area contributed by atoms with Crippen molar-refractivity contribution < 1.29 is 14.7 Å². The van der Waals surface area contributed by atoms with Crippen molar-refractivity contribution in [3.8, 4) is 0 Å². The van der Waals surface area contributed by atoms with Gasteiger partial charge in [0.05, 0.1) is 0 Å². The summed E-state index contributed by atoms with van der Waals surface area (Å²) in [5.74, 6) is -0.684. The number of carboxylic acids is 1. The molecule has 0 aromatic rings. The minimum Gasteiger partial charge on any atom is -0.480 e. The zero-order valence-electron chi connectivity index (χ0n) is 10.6. The van der Waals surface area contributed by atoms with E-state index in [0.29, 0.717) is 12.5 Å². The average molecular weight is 230 g/mol. The van der Waals surface area contributed by atoms with E-state index in [1.54, 1.807) is 20.8 Å². The summed E-state index contributed by atoms with van der Waals surface area (Å²) in [6.07, 6.45) is 0. The Labute approximate surface area is 96.6 Å². The summed E-state index contributed by atoms with van der Waals surface area (Å²) in [5, 5.41) is 14.1. The highest BCUT2D eigenvalue weighted by Gasteiger charge is 2.32. The Morgan fingerprint density at radius 2 is 1.75 bits per heavy atom. The first kappa shape index (κ1) is 14.7. The van der Waals surface area contributed by atoms with Crippen LogP contribution in [-0.2, 0) is 4.79 Å². The molecule has 2 amide bonds. The van der Waals surface area contributed by atoms with Crippen LogP contribution in [0.2, 0.25) is 0 Å². The third kappa shape index (κ3) is 5.58. The first-order chi connectivity index (χ1) is 7.14. The Morgan fingerprint density at radius 1 is 1.25 bits per heavy atom. The van der Waals surface area contributed by atoms with Crippen LogP contribution in [0.3, 0.4) is 0 Å². The summed E-state index contributed by atoms with van der Waals surface area (Å²) in [7, 11) is 0. The molecule has 0 aromatic heterocycles. The number of amides is 2. The second-order valence-corrected chi connectivity index (χ2v) is 5.39. The van der Waals surface area contributed by atoms with Gasteiger partial charge in [0, 0.05) is 6.54 Å². The third-order valence-corrected chi connectivity index (χ3v) is 2.06. The highest BCUT2D eigenvalue weighted by Crippen LogP contribution is 2.19. The molecule has 5 nitrogen and oxygen atoms in total. The lowest BCUT2D eigenvalue weighted by Crippen LogP contribution is -2.52. The molecule has 1 unspecified atom stereocenters. The molecule has 16 heavy (non-hydrogen) atoms. The van der Waals surface area contributed by atoms with Gasteiger partial charge in [-0.3, -0.25) is 0 Å². The highest BCUT2D eigenvalue weighted by atomic mass is 16.4.